The van der Waals surface area contributed by atoms with Gasteiger partial charge in [-0.2, -0.15) is 4.98 Å². The lowest BCUT2D eigenvalue weighted by molar-refractivity contribution is -0.140. The van der Waals surface area contributed by atoms with Gasteiger partial charge in [0.1, 0.15) is 12.9 Å². The van der Waals surface area contributed by atoms with Gasteiger partial charge in [0, 0.05) is 36.9 Å². The van der Waals surface area contributed by atoms with Gasteiger partial charge < -0.3 is 44.8 Å². The van der Waals surface area contributed by atoms with Crippen molar-refractivity contribution in [2.24, 2.45) is 0 Å². The largest absolute Gasteiger partial charge is 0.460 e. The third-order valence-corrected chi connectivity index (χ3v) is 5.88. The Morgan fingerprint density at radius 2 is 1.62 bits per heavy atom. The van der Waals surface area contributed by atoms with E-state index in [4.69, 9.17) is 29.4 Å². The predicted octanol–water partition coefficient (Wildman–Crippen LogP) is 1.42. The zero-order chi connectivity index (χ0) is 34.3. The number of aromatic nitrogens is 4. The smallest absolute Gasteiger partial charge is 0.333 e. The molecule has 0 aliphatic rings. The molecule has 0 aliphatic carbocycles. The minimum Gasteiger partial charge on any atom is -0.460 e. The minimum atomic E-state index is -0.444. The third-order valence-electron chi connectivity index (χ3n) is 5.88. The van der Waals surface area contributed by atoms with Crippen LogP contribution in [0.4, 0.5) is 11.6 Å². The first-order valence-electron chi connectivity index (χ1n) is 14.9. The first-order valence-corrected chi connectivity index (χ1v) is 14.9. The van der Waals surface area contributed by atoms with Crippen molar-refractivity contribution >= 4 is 41.0 Å². The number of nitrogens with two attached hydrogens (primary N) is 1. The zero-order valence-electron chi connectivity index (χ0n) is 26.7. The number of hydrogen-bond donors (Lipinski definition) is 4. The van der Waals surface area contributed by atoms with Gasteiger partial charge in [0.15, 0.2) is 11.2 Å². The second-order valence-corrected chi connectivity index (χ2v) is 9.73. The maximum atomic E-state index is 12.0. The molecule has 0 radical (unpaired) electrons. The molecule has 0 fully saturated rings. The Morgan fingerprint density at radius 3 is 2.23 bits per heavy atom. The molecule has 0 bridgehead atoms. The van der Waals surface area contributed by atoms with E-state index in [-0.39, 0.29) is 29.6 Å². The van der Waals surface area contributed by atoms with Crippen LogP contribution in [0, 0.1) is 0 Å². The number of aromatic amines is 1. The number of fused-ring (bicyclic) bond motifs is 1. The zero-order valence-corrected chi connectivity index (χ0v) is 26.7. The molecule has 0 saturated carbocycles. The number of ether oxygens (including phenoxy) is 5. The number of hydrogen-bond acceptors (Lipinski definition) is 14. The fraction of sp³-hybridized carbons (Fsp3) is 0.452. The molecule has 2 aromatic heterocycles. The number of anilines is 2. The van der Waals surface area contributed by atoms with Crippen LogP contribution in [0.1, 0.15) is 35.8 Å². The number of aldehydes is 1. The molecule has 3 rings (SSSR count). The van der Waals surface area contributed by atoms with Gasteiger partial charge in [0.2, 0.25) is 5.95 Å². The average Bonchev–Trinajstić information content (AvgIpc) is 3.06. The summed E-state index contributed by atoms with van der Waals surface area (Å²) in [5.74, 6) is -0.595. The molecule has 0 atom stereocenters. The summed E-state index contributed by atoms with van der Waals surface area (Å²) >= 11 is 0. The molecule has 1 amide bonds. The van der Waals surface area contributed by atoms with Crippen molar-refractivity contribution < 1.29 is 38.1 Å². The Kier molecular flexibility index (Phi) is 18.5. The first-order chi connectivity index (χ1) is 22.7. The minimum absolute atomic E-state index is 0.00876. The molecule has 0 saturated heterocycles. The van der Waals surface area contributed by atoms with Crippen LogP contribution in [0.5, 0.6) is 0 Å². The summed E-state index contributed by atoms with van der Waals surface area (Å²) < 4.78 is 25.4. The molecule has 0 aliphatic heterocycles. The Morgan fingerprint density at radius 1 is 0.979 bits per heavy atom. The van der Waals surface area contributed by atoms with Gasteiger partial charge >= 0.3 is 5.97 Å². The van der Waals surface area contributed by atoms with E-state index in [1.54, 1.807) is 38.3 Å². The SMILES string of the molecule is C=C(C)C(=O)OCCOCCOCCOCCOC.Nc1nc2ncc(CNc3ccc(C(=O)NCCCC=O)cc3)nc2c(=O)[nH]1. The summed E-state index contributed by atoms with van der Waals surface area (Å²) in [5, 5.41) is 5.91. The van der Waals surface area contributed by atoms with E-state index in [0.717, 1.165) is 12.0 Å². The summed E-state index contributed by atoms with van der Waals surface area (Å²) in [4.78, 5) is 59.8. The summed E-state index contributed by atoms with van der Waals surface area (Å²) in [6.07, 6.45) is 3.39. The van der Waals surface area contributed by atoms with E-state index in [2.05, 4.69) is 37.1 Å². The summed E-state index contributed by atoms with van der Waals surface area (Å²) in [6.45, 7) is 9.63. The number of nitrogen functional groups attached to an aromatic ring is 1. The van der Waals surface area contributed by atoms with Crippen molar-refractivity contribution in [1.82, 2.24) is 25.3 Å². The van der Waals surface area contributed by atoms with E-state index < -0.39 is 11.5 Å². The average molecular weight is 658 g/mol. The molecule has 16 nitrogen and oxygen atoms in total. The number of H-pyrrole nitrogens is 1. The fourth-order valence-corrected chi connectivity index (χ4v) is 3.48. The molecule has 0 unspecified atom stereocenters. The van der Waals surface area contributed by atoms with Gasteiger partial charge in [0.05, 0.1) is 64.7 Å². The quantitative estimate of drug-likeness (QED) is 0.0551. The summed E-state index contributed by atoms with van der Waals surface area (Å²) in [7, 11) is 1.63. The molecule has 5 N–H and O–H groups in total. The van der Waals surface area contributed by atoms with E-state index in [1.165, 1.54) is 6.20 Å². The van der Waals surface area contributed by atoms with Gasteiger partial charge in [-0.3, -0.25) is 14.6 Å². The molecule has 16 heteroatoms. The van der Waals surface area contributed by atoms with Gasteiger partial charge in [-0.25, -0.2) is 14.8 Å². The Bertz CT molecular complexity index is 1470. The Labute approximate surface area is 272 Å². The van der Waals surface area contributed by atoms with Gasteiger partial charge in [-0.05, 0) is 37.6 Å². The maximum Gasteiger partial charge on any atom is 0.333 e. The van der Waals surface area contributed by atoms with Crippen LogP contribution in [-0.4, -0.2) is 105 Å². The van der Waals surface area contributed by atoms with E-state index in [9.17, 15) is 19.2 Å². The normalized spacial score (nSPS) is 10.5. The number of carbonyl (C=O) groups is 3. The summed E-state index contributed by atoms with van der Waals surface area (Å²) in [5.41, 5.74) is 7.60. The van der Waals surface area contributed by atoms with Crippen molar-refractivity contribution in [1.29, 1.82) is 0 Å². The van der Waals surface area contributed by atoms with E-state index in [0.29, 0.717) is 89.0 Å². The number of methoxy groups -OCH3 is 1. The van der Waals surface area contributed by atoms with Gasteiger partial charge in [0.25, 0.3) is 11.5 Å². The van der Waals surface area contributed by atoms with Crippen LogP contribution < -0.4 is 21.9 Å². The molecule has 3 aromatic rings. The highest BCUT2D eigenvalue weighted by Crippen LogP contribution is 2.11. The van der Waals surface area contributed by atoms with Crippen LogP contribution in [-0.2, 0) is 39.8 Å². The molecular formula is C31H43N7O9. The number of unbranched alkanes of at least 4 members (excludes halogenated alkanes) is 1. The number of carbonyl (C=O) groups excluding carboxylic acids is 3. The van der Waals surface area contributed by atoms with Crippen LogP contribution in [0.2, 0.25) is 0 Å². The highest BCUT2D eigenvalue weighted by atomic mass is 16.6. The number of esters is 1. The predicted molar refractivity (Wildman–Crippen MR) is 174 cm³/mol. The maximum absolute atomic E-state index is 12.0. The van der Waals surface area contributed by atoms with Crippen molar-refractivity contribution in [3.63, 3.8) is 0 Å². The number of amides is 1. The van der Waals surface area contributed by atoms with Crippen LogP contribution >= 0.6 is 0 Å². The second kappa shape index (κ2) is 22.7. The topological polar surface area (TPSA) is 219 Å². The highest BCUT2D eigenvalue weighted by molar-refractivity contribution is 5.94. The van der Waals surface area contributed by atoms with Gasteiger partial charge in [-0.15, -0.1) is 0 Å². The van der Waals surface area contributed by atoms with Crippen LogP contribution in [0.25, 0.3) is 11.2 Å². The van der Waals surface area contributed by atoms with E-state index >= 15 is 0 Å². The molecular weight excluding hydrogens is 614 g/mol. The standard InChI is InChI=1S/C18H19N7O3.C13H24O6/c19-18-24-15-14(17(28)25-18)23-13(10-22-15)9-21-12-5-3-11(4-6-12)16(27)20-7-1-2-8-26;1-12(2)13(14)19-11-10-18-9-8-17-7-6-16-5-4-15-3/h3-6,8,10,21H,1-2,7,9H2,(H,20,27)(H3,19,22,24,25,28);1,4-11H2,2-3H3. The Hall–Kier alpha value is -4.77. The monoisotopic (exact) mass is 657 g/mol. The van der Waals surface area contributed by atoms with Crippen molar-refractivity contribution in [2.45, 2.75) is 26.3 Å². The molecule has 0 spiro atoms. The van der Waals surface area contributed by atoms with Crippen molar-refractivity contribution in [2.75, 3.05) is 77.6 Å². The van der Waals surface area contributed by atoms with E-state index in [1.807, 2.05) is 0 Å². The number of rotatable bonds is 21. The van der Waals surface area contributed by atoms with Crippen LogP contribution in [0.15, 0.2) is 47.4 Å². The Balaban J connectivity index is 0.000000355. The van der Waals surface area contributed by atoms with Crippen molar-refractivity contribution in [3.05, 3.63) is 64.2 Å². The van der Waals surface area contributed by atoms with Crippen LogP contribution in [0.3, 0.4) is 0 Å². The molecule has 256 valence electrons. The van der Waals surface area contributed by atoms with Gasteiger partial charge in [-0.1, -0.05) is 6.58 Å². The third kappa shape index (κ3) is 15.9. The number of benzene rings is 1. The lowest BCUT2D eigenvalue weighted by Crippen LogP contribution is -2.24. The second-order valence-electron chi connectivity index (χ2n) is 9.73. The first kappa shape index (κ1) is 38.4. The lowest BCUT2D eigenvalue weighted by Gasteiger charge is -2.08. The number of nitrogens with one attached hydrogen (secondary N) is 3. The lowest BCUT2D eigenvalue weighted by atomic mass is 10.2. The molecule has 1 aromatic carbocycles. The van der Waals surface area contributed by atoms with Crippen molar-refractivity contribution in [3.8, 4) is 0 Å². The number of nitrogens with zero attached hydrogens (tertiary/aromatic N) is 3. The molecule has 2 heterocycles. The highest BCUT2D eigenvalue weighted by Gasteiger charge is 2.08. The summed E-state index contributed by atoms with van der Waals surface area (Å²) in [6, 6.07) is 6.93. The molecule has 47 heavy (non-hydrogen) atoms. The fourth-order valence-electron chi connectivity index (χ4n) is 3.48.